The number of hydrogen-bond donors (Lipinski definition) is 3. The third-order valence-electron chi connectivity index (χ3n) is 5.34. The predicted molar refractivity (Wildman–Crippen MR) is 128 cm³/mol. The van der Waals surface area contributed by atoms with E-state index in [1.807, 2.05) is 55.5 Å². The molecule has 2 aromatic carbocycles. The Morgan fingerprint density at radius 1 is 1.19 bits per heavy atom. The number of fused-ring (bicyclic) bond motifs is 1. The highest BCUT2D eigenvalue weighted by molar-refractivity contribution is 6.35. The minimum Gasteiger partial charge on any atom is -0.353 e. The van der Waals surface area contributed by atoms with Crippen LogP contribution >= 0.6 is 11.6 Å². The topological polar surface area (TPSA) is 108 Å². The second-order valence-electron chi connectivity index (χ2n) is 7.97. The number of nitriles is 1. The molecule has 0 saturated carbocycles. The number of rotatable bonds is 3. The normalized spacial score (nSPS) is 20.6. The molecule has 1 unspecified atom stereocenters. The van der Waals surface area contributed by atoms with E-state index in [0.717, 1.165) is 5.39 Å². The molecule has 8 heteroatoms. The van der Waals surface area contributed by atoms with Crippen LogP contribution in [0.2, 0.25) is 5.02 Å². The van der Waals surface area contributed by atoms with Crippen molar-refractivity contribution in [1.82, 2.24) is 15.2 Å². The van der Waals surface area contributed by atoms with Crippen LogP contribution in [0.4, 0.5) is 0 Å². The minimum absolute atomic E-state index is 0.226. The van der Waals surface area contributed by atoms with E-state index < -0.39 is 11.8 Å². The number of hydrogen-bond acceptors (Lipinski definition) is 5. The van der Waals surface area contributed by atoms with Crippen LogP contribution in [0, 0.1) is 11.3 Å². The molecule has 3 aromatic rings. The third-order valence-corrected chi connectivity index (χ3v) is 5.65. The van der Waals surface area contributed by atoms with Crippen molar-refractivity contribution in [2.45, 2.75) is 32.6 Å². The Hall–Kier alpha value is -3.60. The molecule has 2 heterocycles. The number of allylic oxidation sites excluding steroid dienone is 1. The number of halogens is 1. The van der Waals surface area contributed by atoms with E-state index in [1.54, 1.807) is 24.5 Å². The summed E-state index contributed by atoms with van der Waals surface area (Å²) in [4.78, 5) is 18.3. The average molecular weight is 447 g/mol. The van der Waals surface area contributed by atoms with Crippen molar-refractivity contribution < 1.29 is 0 Å². The predicted octanol–water partition coefficient (Wildman–Crippen LogP) is 3.73. The SMILES string of the molecule is CC1=C(C#N)C(=N[C@@H](C)c2cc3cccc(Cl)c3c(=O)n2-c2ccccc2)NC(C)(N)N1. The Kier molecular flexibility index (Phi) is 5.51. The van der Waals surface area contributed by atoms with Gasteiger partial charge in [0.25, 0.3) is 5.56 Å². The largest absolute Gasteiger partial charge is 0.353 e. The molecule has 32 heavy (non-hydrogen) atoms. The van der Waals surface area contributed by atoms with Crippen LogP contribution in [-0.4, -0.2) is 16.2 Å². The van der Waals surface area contributed by atoms with E-state index in [9.17, 15) is 10.1 Å². The second-order valence-corrected chi connectivity index (χ2v) is 8.37. The van der Waals surface area contributed by atoms with Crippen molar-refractivity contribution in [3.05, 3.63) is 86.9 Å². The number of benzene rings is 2. The van der Waals surface area contributed by atoms with E-state index in [-0.39, 0.29) is 5.56 Å². The van der Waals surface area contributed by atoms with E-state index in [4.69, 9.17) is 22.3 Å². The van der Waals surface area contributed by atoms with Crippen LogP contribution in [0.25, 0.3) is 16.5 Å². The molecular formula is C24H23ClN6O. The highest BCUT2D eigenvalue weighted by atomic mass is 35.5. The van der Waals surface area contributed by atoms with Gasteiger partial charge in [0.05, 0.1) is 22.1 Å². The molecule has 4 rings (SSSR count). The van der Waals surface area contributed by atoms with Crippen molar-refractivity contribution >= 4 is 28.2 Å². The van der Waals surface area contributed by atoms with Gasteiger partial charge in [0, 0.05) is 11.4 Å². The molecule has 1 aliphatic heterocycles. The van der Waals surface area contributed by atoms with Gasteiger partial charge in [-0.2, -0.15) is 5.26 Å². The van der Waals surface area contributed by atoms with Gasteiger partial charge in [-0.25, -0.2) is 0 Å². The highest BCUT2D eigenvalue weighted by Crippen LogP contribution is 2.27. The monoisotopic (exact) mass is 446 g/mol. The van der Waals surface area contributed by atoms with Crippen LogP contribution in [0.15, 0.2) is 75.7 Å². The molecule has 4 N–H and O–H groups in total. The summed E-state index contributed by atoms with van der Waals surface area (Å²) in [6.07, 6.45) is 0. The number of aromatic nitrogens is 1. The molecule has 0 fully saturated rings. The van der Waals surface area contributed by atoms with Crippen LogP contribution in [-0.2, 0) is 0 Å². The molecule has 0 amide bonds. The maximum atomic E-state index is 13.6. The summed E-state index contributed by atoms with van der Waals surface area (Å²) in [5, 5.41) is 17.3. The lowest BCUT2D eigenvalue weighted by Crippen LogP contribution is -2.65. The molecule has 2 atom stereocenters. The van der Waals surface area contributed by atoms with Crippen LogP contribution in [0.1, 0.15) is 32.5 Å². The molecule has 0 bridgehead atoms. The average Bonchev–Trinajstić information content (AvgIpc) is 2.73. The maximum Gasteiger partial charge on any atom is 0.264 e. The Labute approximate surface area is 190 Å². The summed E-state index contributed by atoms with van der Waals surface area (Å²) in [7, 11) is 0. The van der Waals surface area contributed by atoms with Crippen LogP contribution < -0.4 is 21.9 Å². The van der Waals surface area contributed by atoms with Gasteiger partial charge in [-0.3, -0.25) is 20.1 Å². The van der Waals surface area contributed by atoms with Crippen molar-refractivity contribution in [3.8, 4) is 11.8 Å². The molecule has 1 aromatic heterocycles. The number of nitrogens with zero attached hydrogens (tertiary/aromatic N) is 3. The van der Waals surface area contributed by atoms with Gasteiger partial charge >= 0.3 is 0 Å². The van der Waals surface area contributed by atoms with Crippen molar-refractivity contribution in [1.29, 1.82) is 5.26 Å². The lowest BCUT2D eigenvalue weighted by Gasteiger charge is -2.35. The fourth-order valence-electron chi connectivity index (χ4n) is 3.95. The first-order valence-corrected chi connectivity index (χ1v) is 10.5. The number of aliphatic imine (C=N–C) groups is 1. The van der Waals surface area contributed by atoms with E-state index >= 15 is 0 Å². The quantitative estimate of drug-likeness (QED) is 0.568. The smallest absolute Gasteiger partial charge is 0.264 e. The van der Waals surface area contributed by atoms with Gasteiger partial charge in [0.2, 0.25) is 0 Å². The second kappa shape index (κ2) is 8.15. The zero-order valence-corrected chi connectivity index (χ0v) is 18.7. The van der Waals surface area contributed by atoms with Crippen molar-refractivity contribution in [3.63, 3.8) is 0 Å². The van der Waals surface area contributed by atoms with Gasteiger partial charge in [-0.15, -0.1) is 0 Å². The molecule has 0 saturated heterocycles. The summed E-state index contributed by atoms with van der Waals surface area (Å²) in [5.74, 6) is -0.585. The first kappa shape index (κ1) is 21.6. The van der Waals surface area contributed by atoms with Gasteiger partial charge in [-0.05, 0) is 50.4 Å². The fraction of sp³-hybridized carbons (Fsp3) is 0.208. The van der Waals surface area contributed by atoms with Crippen molar-refractivity contribution in [2.75, 3.05) is 0 Å². The summed E-state index contributed by atoms with van der Waals surface area (Å²) >= 11 is 6.38. The van der Waals surface area contributed by atoms with Gasteiger partial charge < -0.3 is 10.6 Å². The highest BCUT2D eigenvalue weighted by Gasteiger charge is 2.29. The van der Waals surface area contributed by atoms with E-state index in [0.29, 0.717) is 38.9 Å². The number of pyridine rings is 1. The molecule has 0 spiro atoms. The van der Waals surface area contributed by atoms with Gasteiger partial charge in [0.1, 0.15) is 17.5 Å². The molecular weight excluding hydrogens is 424 g/mol. The van der Waals surface area contributed by atoms with Crippen LogP contribution in [0.3, 0.4) is 0 Å². The number of amidine groups is 1. The van der Waals surface area contributed by atoms with E-state index in [2.05, 4.69) is 16.7 Å². The minimum atomic E-state index is -0.959. The number of para-hydroxylation sites is 1. The summed E-state index contributed by atoms with van der Waals surface area (Å²) in [5.41, 5.74) is 8.36. The third kappa shape index (κ3) is 3.86. The van der Waals surface area contributed by atoms with E-state index in [1.165, 1.54) is 0 Å². The Morgan fingerprint density at radius 3 is 2.59 bits per heavy atom. The summed E-state index contributed by atoms with van der Waals surface area (Å²) in [6, 6.07) is 18.3. The standard InChI is InChI=1S/C24H23ClN6O/c1-14-18(13-26)22(30-24(3,27)29-14)28-15(2)20-12-16-8-7-11-19(25)21(16)23(32)31(20)17-9-5-4-6-10-17/h4-12,15,29H,27H2,1-3H3,(H,28,30)/t15-,24?/m0/s1. The fourth-order valence-corrected chi connectivity index (χ4v) is 4.22. The van der Waals surface area contributed by atoms with Gasteiger partial charge in [-0.1, -0.05) is 41.9 Å². The van der Waals surface area contributed by atoms with Crippen molar-refractivity contribution in [2.24, 2.45) is 10.7 Å². The first-order chi connectivity index (χ1) is 15.2. The lowest BCUT2D eigenvalue weighted by molar-refractivity contribution is 0.363. The Balaban J connectivity index is 1.96. The molecule has 0 aliphatic carbocycles. The lowest BCUT2D eigenvalue weighted by atomic mass is 10.1. The zero-order chi connectivity index (χ0) is 23.0. The molecule has 7 nitrogen and oxygen atoms in total. The maximum absolute atomic E-state index is 13.6. The van der Waals surface area contributed by atoms with Crippen LogP contribution in [0.5, 0.6) is 0 Å². The summed E-state index contributed by atoms with van der Waals surface area (Å²) < 4.78 is 1.62. The molecule has 0 radical (unpaired) electrons. The zero-order valence-electron chi connectivity index (χ0n) is 18.0. The number of nitrogens with two attached hydrogens (primary N) is 1. The number of nitrogens with one attached hydrogen (secondary N) is 2. The molecule has 162 valence electrons. The van der Waals surface area contributed by atoms with Gasteiger partial charge in [0.15, 0.2) is 5.79 Å². The summed E-state index contributed by atoms with van der Waals surface area (Å²) in [6.45, 7) is 5.41. The molecule has 1 aliphatic rings. The first-order valence-electron chi connectivity index (χ1n) is 10.2. The Bertz CT molecular complexity index is 1360. The Morgan fingerprint density at radius 2 is 1.91 bits per heavy atom.